The first kappa shape index (κ1) is 9.15. The Morgan fingerprint density at radius 3 is 2.93 bits per heavy atom. The predicted molar refractivity (Wildman–Crippen MR) is 57.7 cm³/mol. The lowest BCUT2D eigenvalue weighted by Crippen LogP contribution is -2.43. The molecule has 2 heterocycles. The molecular weight excluding hydrogens is 190 g/mol. The SMILES string of the molecule is N[C@@H]1CCCN(c2cn(C3CC3)nn2)C1. The second kappa shape index (κ2) is 3.48. The zero-order valence-corrected chi connectivity index (χ0v) is 8.84. The molecular formula is C10H17N5. The van der Waals surface area contributed by atoms with Gasteiger partial charge in [-0.1, -0.05) is 5.21 Å². The quantitative estimate of drug-likeness (QED) is 0.769. The third-order valence-electron chi connectivity index (χ3n) is 3.20. The Morgan fingerprint density at radius 1 is 1.33 bits per heavy atom. The van der Waals surface area contributed by atoms with Crippen LogP contribution in [0.2, 0.25) is 0 Å². The zero-order valence-electron chi connectivity index (χ0n) is 8.84. The van der Waals surface area contributed by atoms with Crippen molar-refractivity contribution >= 4 is 5.82 Å². The van der Waals surface area contributed by atoms with E-state index < -0.39 is 0 Å². The molecule has 15 heavy (non-hydrogen) atoms. The van der Waals surface area contributed by atoms with Crippen molar-refractivity contribution in [2.75, 3.05) is 18.0 Å². The molecule has 0 spiro atoms. The van der Waals surface area contributed by atoms with Crippen molar-refractivity contribution in [1.82, 2.24) is 15.0 Å². The van der Waals surface area contributed by atoms with Gasteiger partial charge in [-0.15, -0.1) is 5.10 Å². The number of piperidine rings is 1. The van der Waals surface area contributed by atoms with Gasteiger partial charge in [0.1, 0.15) is 0 Å². The highest BCUT2D eigenvalue weighted by atomic mass is 15.5. The number of nitrogens with two attached hydrogens (primary N) is 1. The maximum Gasteiger partial charge on any atom is 0.171 e. The largest absolute Gasteiger partial charge is 0.352 e. The van der Waals surface area contributed by atoms with Crippen molar-refractivity contribution in [2.45, 2.75) is 37.8 Å². The molecule has 1 aliphatic carbocycles. The number of aromatic nitrogens is 3. The van der Waals surface area contributed by atoms with Crippen LogP contribution in [0.5, 0.6) is 0 Å². The highest BCUT2D eigenvalue weighted by Crippen LogP contribution is 2.34. The molecule has 1 aliphatic heterocycles. The summed E-state index contributed by atoms with van der Waals surface area (Å²) in [6.45, 7) is 1.99. The molecule has 1 aromatic heterocycles. The Balaban J connectivity index is 1.73. The Kier molecular flexibility index (Phi) is 2.12. The van der Waals surface area contributed by atoms with Gasteiger partial charge in [0.15, 0.2) is 5.82 Å². The van der Waals surface area contributed by atoms with Gasteiger partial charge in [0, 0.05) is 19.1 Å². The first-order valence-corrected chi connectivity index (χ1v) is 5.75. The van der Waals surface area contributed by atoms with E-state index in [4.69, 9.17) is 5.73 Å². The second-order valence-corrected chi connectivity index (χ2v) is 4.64. The number of nitrogens with zero attached hydrogens (tertiary/aromatic N) is 4. The average molecular weight is 207 g/mol. The number of hydrogen-bond donors (Lipinski definition) is 1. The van der Waals surface area contributed by atoms with Gasteiger partial charge < -0.3 is 10.6 Å². The molecule has 0 amide bonds. The van der Waals surface area contributed by atoms with E-state index in [1.807, 2.05) is 4.68 Å². The predicted octanol–water partition coefficient (Wildman–Crippen LogP) is 0.540. The molecule has 0 bridgehead atoms. The van der Waals surface area contributed by atoms with Crippen molar-refractivity contribution < 1.29 is 0 Å². The van der Waals surface area contributed by atoms with E-state index in [9.17, 15) is 0 Å². The molecule has 1 saturated carbocycles. The third-order valence-corrected chi connectivity index (χ3v) is 3.20. The minimum atomic E-state index is 0.296. The molecule has 0 unspecified atom stereocenters. The molecule has 0 radical (unpaired) electrons. The van der Waals surface area contributed by atoms with Crippen molar-refractivity contribution in [1.29, 1.82) is 0 Å². The van der Waals surface area contributed by atoms with Crippen LogP contribution in [0.15, 0.2) is 6.20 Å². The van der Waals surface area contributed by atoms with Crippen LogP contribution in [-0.4, -0.2) is 34.1 Å². The van der Waals surface area contributed by atoms with Crippen molar-refractivity contribution in [3.8, 4) is 0 Å². The van der Waals surface area contributed by atoms with Gasteiger partial charge in [0.25, 0.3) is 0 Å². The van der Waals surface area contributed by atoms with E-state index in [0.717, 1.165) is 31.7 Å². The monoisotopic (exact) mass is 207 g/mol. The van der Waals surface area contributed by atoms with E-state index in [2.05, 4.69) is 21.4 Å². The van der Waals surface area contributed by atoms with Crippen LogP contribution in [0, 0.1) is 0 Å². The summed E-state index contributed by atoms with van der Waals surface area (Å²) in [4.78, 5) is 2.25. The number of anilines is 1. The van der Waals surface area contributed by atoms with Gasteiger partial charge >= 0.3 is 0 Å². The standard InChI is InChI=1S/C10H17N5/c11-8-2-1-5-14(6-8)10-7-15(13-12-10)9-3-4-9/h7-9H,1-6,11H2/t8-/m1/s1. The van der Waals surface area contributed by atoms with Crippen LogP contribution < -0.4 is 10.6 Å². The molecule has 1 saturated heterocycles. The average Bonchev–Trinajstić information content (AvgIpc) is 2.97. The smallest absolute Gasteiger partial charge is 0.171 e. The summed E-state index contributed by atoms with van der Waals surface area (Å²) in [7, 11) is 0. The van der Waals surface area contributed by atoms with Crippen LogP contribution in [0.4, 0.5) is 5.82 Å². The summed E-state index contributed by atoms with van der Waals surface area (Å²) in [5.74, 6) is 0.997. The summed E-state index contributed by atoms with van der Waals surface area (Å²) in [6, 6.07) is 0.912. The third kappa shape index (κ3) is 1.84. The fraction of sp³-hybridized carbons (Fsp3) is 0.800. The van der Waals surface area contributed by atoms with Crippen LogP contribution in [0.25, 0.3) is 0 Å². The molecule has 1 atom stereocenters. The number of hydrogen-bond acceptors (Lipinski definition) is 4. The van der Waals surface area contributed by atoms with Crippen molar-refractivity contribution in [3.05, 3.63) is 6.20 Å². The first-order chi connectivity index (χ1) is 7.33. The Labute approximate surface area is 89.2 Å². The van der Waals surface area contributed by atoms with E-state index in [-0.39, 0.29) is 0 Å². The molecule has 2 N–H and O–H groups in total. The van der Waals surface area contributed by atoms with Gasteiger partial charge in [-0.2, -0.15) is 0 Å². The van der Waals surface area contributed by atoms with Gasteiger partial charge in [0.05, 0.1) is 12.2 Å². The second-order valence-electron chi connectivity index (χ2n) is 4.64. The van der Waals surface area contributed by atoms with Crippen molar-refractivity contribution in [2.24, 2.45) is 5.73 Å². The minimum Gasteiger partial charge on any atom is -0.352 e. The first-order valence-electron chi connectivity index (χ1n) is 5.75. The zero-order chi connectivity index (χ0) is 10.3. The fourth-order valence-corrected chi connectivity index (χ4v) is 2.15. The maximum atomic E-state index is 5.94. The van der Waals surface area contributed by atoms with Crippen LogP contribution in [0.1, 0.15) is 31.7 Å². The Morgan fingerprint density at radius 2 is 2.20 bits per heavy atom. The van der Waals surface area contributed by atoms with E-state index >= 15 is 0 Å². The normalized spacial score (nSPS) is 27.0. The number of rotatable bonds is 2. The van der Waals surface area contributed by atoms with E-state index in [0.29, 0.717) is 12.1 Å². The molecule has 5 heteroatoms. The van der Waals surface area contributed by atoms with Gasteiger partial charge in [0.2, 0.25) is 0 Å². The Bertz CT molecular complexity index is 343. The molecule has 0 aromatic carbocycles. The topological polar surface area (TPSA) is 60.0 Å². The molecule has 1 aromatic rings. The van der Waals surface area contributed by atoms with Gasteiger partial charge in [-0.3, -0.25) is 0 Å². The highest BCUT2D eigenvalue weighted by Gasteiger charge is 2.26. The van der Waals surface area contributed by atoms with Gasteiger partial charge in [-0.05, 0) is 25.7 Å². The molecule has 2 aliphatic rings. The van der Waals surface area contributed by atoms with Gasteiger partial charge in [-0.25, -0.2) is 4.68 Å². The lowest BCUT2D eigenvalue weighted by Gasteiger charge is -2.30. The molecule has 82 valence electrons. The minimum absolute atomic E-state index is 0.296. The molecule has 5 nitrogen and oxygen atoms in total. The summed E-state index contributed by atoms with van der Waals surface area (Å²) in [6.07, 6.45) is 6.87. The molecule has 3 rings (SSSR count). The highest BCUT2D eigenvalue weighted by molar-refractivity contribution is 5.35. The van der Waals surface area contributed by atoms with Crippen LogP contribution in [0.3, 0.4) is 0 Å². The summed E-state index contributed by atoms with van der Waals surface area (Å²) < 4.78 is 2.00. The Hall–Kier alpha value is -1.10. The van der Waals surface area contributed by atoms with Crippen molar-refractivity contribution in [3.63, 3.8) is 0 Å². The molecule has 2 fully saturated rings. The van der Waals surface area contributed by atoms with Crippen LogP contribution in [-0.2, 0) is 0 Å². The summed E-state index contributed by atoms with van der Waals surface area (Å²) in [5.41, 5.74) is 5.94. The van der Waals surface area contributed by atoms with E-state index in [1.165, 1.54) is 12.8 Å². The fourth-order valence-electron chi connectivity index (χ4n) is 2.15. The van der Waals surface area contributed by atoms with E-state index in [1.54, 1.807) is 0 Å². The summed E-state index contributed by atoms with van der Waals surface area (Å²) in [5, 5.41) is 8.38. The maximum absolute atomic E-state index is 5.94. The lowest BCUT2D eigenvalue weighted by atomic mass is 10.1. The summed E-state index contributed by atoms with van der Waals surface area (Å²) >= 11 is 0. The van der Waals surface area contributed by atoms with Crippen LogP contribution >= 0.6 is 0 Å². The lowest BCUT2D eigenvalue weighted by molar-refractivity contribution is 0.503.